The van der Waals surface area contributed by atoms with E-state index in [1.54, 1.807) is 42.5 Å². The van der Waals surface area contributed by atoms with Crippen LogP contribution in [0.25, 0.3) is 0 Å². The number of hydrogen-bond acceptors (Lipinski definition) is 8. The molecule has 0 bridgehead atoms. The molecular formula is C22H27NO8. The molecule has 0 radical (unpaired) electrons. The summed E-state index contributed by atoms with van der Waals surface area (Å²) in [6.45, 7) is 2.35. The van der Waals surface area contributed by atoms with Gasteiger partial charge >= 0.3 is 6.09 Å². The maximum Gasteiger partial charge on any atom is 0.412 e. The Labute approximate surface area is 180 Å². The van der Waals surface area contributed by atoms with Crippen molar-refractivity contribution < 1.29 is 38.7 Å². The first-order valence-corrected chi connectivity index (χ1v) is 10.1. The van der Waals surface area contributed by atoms with Gasteiger partial charge in [-0.2, -0.15) is 0 Å². The standard InChI is InChI=1S/C22H27NO8/c1-2-27-19(9-10-24)21(15-3-6-17(7-4-15)28-12-11-25)31-22(26)23-16-5-8-18-20(13-16)30-14-29-18/h3-8,13,19,21,24-25H,2,9-12,14H2,1H3,(H,23,26)/t19-,21-/m0/s1. The van der Waals surface area contributed by atoms with Crippen LogP contribution in [0.1, 0.15) is 25.0 Å². The van der Waals surface area contributed by atoms with E-state index >= 15 is 0 Å². The molecule has 2 aromatic rings. The molecule has 3 N–H and O–H groups in total. The lowest BCUT2D eigenvalue weighted by Gasteiger charge is -2.27. The molecule has 0 aliphatic carbocycles. The highest BCUT2D eigenvalue weighted by Crippen LogP contribution is 2.34. The third-order valence-electron chi connectivity index (χ3n) is 4.55. The zero-order valence-corrected chi connectivity index (χ0v) is 17.3. The molecule has 1 aliphatic heterocycles. The molecule has 2 atom stereocenters. The van der Waals surface area contributed by atoms with Crippen LogP contribution in [0.4, 0.5) is 10.5 Å². The number of carbonyl (C=O) groups excluding carboxylic acids is 1. The van der Waals surface area contributed by atoms with Crippen molar-refractivity contribution in [3.05, 3.63) is 48.0 Å². The van der Waals surface area contributed by atoms with Crippen LogP contribution < -0.4 is 19.5 Å². The van der Waals surface area contributed by atoms with Gasteiger partial charge in [0.25, 0.3) is 0 Å². The third-order valence-corrected chi connectivity index (χ3v) is 4.55. The second kappa shape index (κ2) is 11.4. The minimum atomic E-state index is -0.756. The number of anilines is 1. The highest BCUT2D eigenvalue weighted by atomic mass is 16.7. The molecule has 0 unspecified atom stereocenters. The van der Waals surface area contributed by atoms with Gasteiger partial charge in [-0.15, -0.1) is 0 Å². The molecule has 9 heteroatoms. The number of benzene rings is 2. The number of fused-ring (bicyclic) bond motifs is 1. The molecule has 1 aliphatic rings. The molecule has 31 heavy (non-hydrogen) atoms. The van der Waals surface area contributed by atoms with Gasteiger partial charge in [0.05, 0.1) is 6.61 Å². The average molecular weight is 433 g/mol. The van der Waals surface area contributed by atoms with Gasteiger partial charge in [-0.05, 0) is 36.8 Å². The van der Waals surface area contributed by atoms with Crippen LogP contribution in [0.5, 0.6) is 17.2 Å². The van der Waals surface area contributed by atoms with Gasteiger partial charge in [-0.1, -0.05) is 12.1 Å². The minimum Gasteiger partial charge on any atom is -0.491 e. The van der Waals surface area contributed by atoms with Crippen LogP contribution in [0.15, 0.2) is 42.5 Å². The number of amides is 1. The summed E-state index contributed by atoms with van der Waals surface area (Å²) in [5.41, 5.74) is 1.18. The minimum absolute atomic E-state index is 0.0869. The van der Waals surface area contributed by atoms with Gasteiger partial charge in [-0.3, -0.25) is 5.32 Å². The molecule has 9 nitrogen and oxygen atoms in total. The fraction of sp³-hybridized carbons (Fsp3) is 0.409. The Morgan fingerprint density at radius 3 is 2.58 bits per heavy atom. The monoisotopic (exact) mass is 433 g/mol. The SMILES string of the molecule is CCO[C@@H](CCO)[C@@H](OC(=O)Nc1ccc2c(c1)OCO2)c1ccc(OCCO)cc1. The molecule has 1 heterocycles. The van der Waals surface area contributed by atoms with Gasteiger partial charge in [0.1, 0.15) is 18.5 Å². The van der Waals surface area contributed by atoms with Crippen LogP contribution in [0.2, 0.25) is 0 Å². The maximum absolute atomic E-state index is 12.6. The number of hydrogen-bond donors (Lipinski definition) is 3. The van der Waals surface area contributed by atoms with Crippen molar-refractivity contribution in [2.75, 3.05) is 38.5 Å². The normalized spacial score (nSPS) is 14.0. The van der Waals surface area contributed by atoms with E-state index in [4.69, 9.17) is 28.8 Å². The van der Waals surface area contributed by atoms with Crippen molar-refractivity contribution in [1.29, 1.82) is 0 Å². The predicted octanol–water partition coefficient (Wildman–Crippen LogP) is 2.86. The molecule has 0 fully saturated rings. The Morgan fingerprint density at radius 2 is 1.87 bits per heavy atom. The Kier molecular flexibility index (Phi) is 8.34. The summed E-state index contributed by atoms with van der Waals surface area (Å²) in [5.74, 6) is 1.73. The zero-order chi connectivity index (χ0) is 22.1. The first kappa shape index (κ1) is 22.7. The predicted molar refractivity (Wildman–Crippen MR) is 112 cm³/mol. The molecule has 0 spiro atoms. The van der Waals surface area contributed by atoms with Crippen LogP contribution in [0, 0.1) is 0 Å². The van der Waals surface area contributed by atoms with E-state index in [1.807, 2.05) is 6.92 Å². The van der Waals surface area contributed by atoms with Crippen LogP contribution >= 0.6 is 0 Å². The van der Waals surface area contributed by atoms with Crippen LogP contribution in [-0.2, 0) is 9.47 Å². The Bertz CT molecular complexity index is 836. The Balaban J connectivity index is 1.74. The first-order chi connectivity index (χ1) is 15.1. The number of rotatable bonds is 11. The van der Waals surface area contributed by atoms with E-state index in [-0.39, 0.29) is 26.6 Å². The summed E-state index contributed by atoms with van der Waals surface area (Å²) >= 11 is 0. The maximum atomic E-state index is 12.6. The van der Waals surface area contributed by atoms with Gasteiger partial charge in [0, 0.05) is 31.4 Å². The van der Waals surface area contributed by atoms with Crippen molar-refractivity contribution in [1.82, 2.24) is 0 Å². The molecule has 2 aromatic carbocycles. The van der Waals surface area contributed by atoms with E-state index in [1.165, 1.54) is 0 Å². The smallest absolute Gasteiger partial charge is 0.412 e. The van der Waals surface area contributed by atoms with Gasteiger partial charge in [-0.25, -0.2) is 4.79 Å². The van der Waals surface area contributed by atoms with Crippen molar-refractivity contribution in [3.63, 3.8) is 0 Å². The van der Waals surface area contributed by atoms with Crippen molar-refractivity contribution in [2.24, 2.45) is 0 Å². The third kappa shape index (κ3) is 6.24. The second-order valence-electron chi connectivity index (χ2n) is 6.67. The van der Waals surface area contributed by atoms with Crippen LogP contribution in [0.3, 0.4) is 0 Å². The average Bonchev–Trinajstić information content (AvgIpc) is 3.24. The van der Waals surface area contributed by atoms with Crippen molar-refractivity contribution in [2.45, 2.75) is 25.6 Å². The largest absolute Gasteiger partial charge is 0.491 e. The molecule has 0 aromatic heterocycles. The summed E-state index contributed by atoms with van der Waals surface area (Å²) in [4.78, 5) is 12.6. The topological polar surface area (TPSA) is 116 Å². The Morgan fingerprint density at radius 1 is 1.10 bits per heavy atom. The van der Waals surface area contributed by atoms with Crippen molar-refractivity contribution in [3.8, 4) is 17.2 Å². The number of nitrogens with one attached hydrogen (secondary N) is 1. The molecular weight excluding hydrogens is 406 g/mol. The van der Waals surface area contributed by atoms with Crippen molar-refractivity contribution >= 4 is 11.8 Å². The summed E-state index contributed by atoms with van der Waals surface area (Å²) in [7, 11) is 0. The van der Waals surface area contributed by atoms with Gasteiger partial charge < -0.3 is 33.9 Å². The highest BCUT2D eigenvalue weighted by Gasteiger charge is 2.28. The number of aliphatic hydroxyl groups excluding tert-OH is 2. The molecule has 1 amide bonds. The summed E-state index contributed by atoms with van der Waals surface area (Å²) in [6.07, 6.45) is -1.68. The zero-order valence-electron chi connectivity index (χ0n) is 17.3. The molecule has 0 saturated heterocycles. The fourth-order valence-corrected chi connectivity index (χ4v) is 3.18. The summed E-state index contributed by atoms with van der Waals surface area (Å²) < 4.78 is 27.4. The van der Waals surface area contributed by atoms with Gasteiger partial charge in [0.15, 0.2) is 17.6 Å². The highest BCUT2D eigenvalue weighted by molar-refractivity contribution is 5.85. The summed E-state index contributed by atoms with van der Waals surface area (Å²) in [6, 6.07) is 12.0. The van der Waals surface area contributed by atoms with E-state index in [0.29, 0.717) is 41.5 Å². The lowest BCUT2D eigenvalue weighted by molar-refractivity contribution is -0.0484. The number of aliphatic hydroxyl groups is 2. The summed E-state index contributed by atoms with van der Waals surface area (Å²) in [5, 5.41) is 21.0. The molecule has 168 valence electrons. The van der Waals surface area contributed by atoms with Gasteiger partial charge in [0.2, 0.25) is 6.79 Å². The lowest BCUT2D eigenvalue weighted by Crippen LogP contribution is -2.29. The van der Waals surface area contributed by atoms with E-state index < -0.39 is 18.3 Å². The van der Waals surface area contributed by atoms with Crippen LogP contribution in [-0.4, -0.2) is 55.6 Å². The fourth-order valence-electron chi connectivity index (χ4n) is 3.18. The second-order valence-corrected chi connectivity index (χ2v) is 6.67. The Hall–Kier alpha value is -3.01. The van der Waals surface area contributed by atoms with E-state index in [2.05, 4.69) is 5.32 Å². The molecule has 3 rings (SSSR count). The van der Waals surface area contributed by atoms with E-state index in [9.17, 15) is 9.90 Å². The quantitative estimate of drug-likeness (QED) is 0.496. The lowest BCUT2D eigenvalue weighted by atomic mass is 10.0. The number of ether oxygens (including phenoxy) is 5. The number of carbonyl (C=O) groups is 1. The first-order valence-electron chi connectivity index (χ1n) is 10.1. The molecule has 0 saturated carbocycles. The van der Waals surface area contributed by atoms with E-state index in [0.717, 1.165) is 0 Å².